The first-order valence-electron chi connectivity index (χ1n) is 8.53. The van der Waals surface area contributed by atoms with Crippen molar-refractivity contribution in [2.75, 3.05) is 11.1 Å². The van der Waals surface area contributed by atoms with Crippen molar-refractivity contribution in [3.8, 4) is 11.4 Å². The second kappa shape index (κ2) is 8.67. The minimum Gasteiger partial charge on any atom is -0.325 e. The highest BCUT2D eigenvalue weighted by Gasteiger charge is 2.15. The molecule has 27 heavy (non-hydrogen) atoms. The Morgan fingerprint density at radius 2 is 1.89 bits per heavy atom. The molecule has 0 aliphatic heterocycles. The number of aromatic nitrogens is 4. The van der Waals surface area contributed by atoms with Crippen LogP contribution in [-0.4, -0.2) is 31.4 Å². The minimum atomic E-state index is -0.0686. The van der Waals surface area contributed by atoms with E-state index in [0.29, 0.717) is 0 Å². The quantitative estimate of drug-likeness (QED) is 0.566. The number of anilines is 1. The van der Waals surface area contributed by atoms with Gasteiger partial charge < -0.3 is 9.88 Å². The monoisotopic (exact) mass is 445 g/mol. The Bertz CT molecular complexity index is 958. The van der Waals surface area contributed by atoms with Crippen molar-refractivity contribution >= 4 is 39.3 Å². The van der Waals surface area contributed by atoms with E-state index in [2.05, 4.69) is 36.4 Å². The average molecular weight is 446 g/mol. The third-order valence-electron chi connectivity index (χ3n) is 4.30. The van der Waals surface area contributed by atoms with Crippen LogP contribution in [0.5, 0.6) is 0 Å². The zero-order valence-electron chi connectivity index (χ0n) is 15.4. The number of hydrogen-bond acceptors (Lipinski definition) is 5. The summed E-state index contributed by atoms with van der Waals surface area (Å²) in [5.41, 5.74) is 3.96. The predicted octanol–water partition coefficient (Wildman–Crippen LogP) is 4.47. The Kier molecular flexibility index (Phi) is 6.28. The van der Waals surface area contributed by atoms with Crippen LogP contribution in [0.15, 0.2) is 46.3 Å². The first-order chi connectivity index (χ1) is 13.0. The molecule has 3 aromatic rings. The molecule has 0 spiro atoms. The number of benzene rings is 1. The van der Waals surface area contributed by atoms with E-state index in [1.165, 1.54) is 11.8 Å². The van der Waals surface area contributed by atoms with Gasteiger partial charge in [-0.25, -0.2) is 0 Å². The largest absolute Gasteiger partial charge is 0.325 e. The number of nitrogens with zero attached hydrogens (tertiary/aromatic N) is 4. The molecule has 0 fully saturated rings. The van der Waals surface area contributed by atoms with Gasteiger partial charge in [-0.3, -0.25) is 9.78 Å². The Balaban J connectivity index is 1.69. The van der Waals surface area contributed by atoms with Gasteiger partial charge in [0.1, 0.15) is 0 Å². The highest BCUT2D eigenvalue weighted by Crippen LogP contribution is 2.27. The lowest BCUT2D eigenvalue weighted by Crippen LogP contribution is -2.15. The van der Waals surface area contributed by atoms with Crippen LogP contribution in [0.4, 0.5) is 5.69 Å². The fraction of sp³-hybridized carbons (Fsp3) is 0.263. The minimum absolute atomic E-state index is 0.0686. The molecule has 2 aromatic heterocycles. The van der Waals surface area contributed by atoms with Crippen LogP contribution < -0.4 is 5.32 Å². The molecule has 0 saturated carbocycles. The van der Waals surface area contributed by atoms with Crippen molar-refractivity contribution in [2.24, 2.45) is 0 Å². The Morgan fingerprint density at radius 1 is 1.15 bits per heavy atom. The van der Waals surface area contributed by atoms with Gasteiger partial charge in [0.15, 0.2) is 11.0 Å². The molecule has 0 bridgehead atoms. The smallest absolute Gasteiger partial charge is 0.234 e. The van der Waals surface area contributed by atoms with E-state index >= 15 is 0 Å². The Labute approximate surface area is 170 Å². The number of carbonyl (C=O) groups excluding carboxylic acids is 1. The number of pyridine rings is 1. The molecule has 2 heterocycles. The van der Waals surface area contributed by atoms with Gasteiger partial charge in [-0.1, -0.05) is 27.7 Å². The Hall–Kier alpha value is -2.19. The highest BCUT2D eigenvalue weighted by atomic mass is 79.9. The maximum absolute atomic E-state index is 12.4. The van der Waals surface area contributed by atoms with E-state index in [4.69, 9.17) is 0 Å². The summed E-state index contributed by atoms with van der Waals surface area (Å²) in [5, 5.41) is 12.2. The number of halogens is 1. The van der Waals surface area contributed by atoms with Crippen molar-refractivity contribution in [1.29, 1.82) is 0 Å². The molecule has 1 amide bonds. The molecule has 0 aliphatic carbocycles. The van der Waals surface area contributed by atoms with Gasteiger partial charge in [0.05, 0.1) is 5.75 Å². The van der Waals surface area contributed by atoms with Crippen molar-refractivity contribution < 1.29 is 4.79 Å². The lowest BCUT2D eigenvalue weighted by Gasteiger charge is -2.12. The fourth-order valence-corrected chi connectivity index (χ4v) is 3.87. The Morgan fingerprint density at radius 3 is 2.59 bits per heavy atom. The summed E-state index contributed by atoms with van der Waals surface area (Å²) in [5.74, 6) is 0.978. The molecule has 6 nitrogen and oxygen atoms in total. The van der Waals surface area contributed by atoms with Crippen LogP contribution in [0.2, 0.25) is 0 Å². The van der Waals surface area contributed by atoms with E-state index in [9.17, 15) is 4.79 Å². The molecule has 0 saturated heterocycles. The number of nitrogens with one attached hydrogen (secondary N) is 1. The molecule has 3 rings (SSSR count). The molecule has 0 radical (unpaired) electrons. The van der Waals surface area contributed by atoms with Crippen LogP contribution in [0.25, 0.3) is 11.4 Å². The van der Waals surface area contributed by atoms with Gasteiger partial charge in [0, 0.05) is 34.7 Å². The lowest BCUT2D eigenvalue weighted by molar-refractivity contribution is -0.113. The molecule has 1 aromatic carbocycles. The molecule has 140 valence electrons. The SMILES string of the molecule is CCn1c(SCC(=O)Nc2ccc(Br)c(C)c2C)nnc1-c1ccncc1. The zero-order valence-corrected chi connectivity index (χ0v) is 17.8. The van der Waals surface area contributed by atoms with E-state index in [1.54, 1.807) is 12.4 Å². The van der Waals surface area contributed by atoms with Gasteiger partial charge in [0.25, 0.3) is 0 Å². The normalized spacial score (nSPS) is 10.8. The summed E-state index contributed by atoms with van der Waals surface area (Å²) in [4.78, 5) is 16.4. The van der Waals surface area contributed by atoms with Gasteiger partial charge in [-0.05, 0) is 56.2 Å². The van der Waals surface area contributed by atoms with Crippen molar-refractivity contribution in [3.05, 3.63) is 52.3 Å². The number of carbonyl (C=O) groups is 1. The third-order valence-corrected chi connectivity index (χ3v) is 6.12. The van der Waals surface area contributed by atoms with E-state index in [-0.39, 0.29) is 11.7 Å². The van der Waals surface area contributed by atoms with E-state index in [1.807, 2.05) is 49.6 Å². The molecular weight excluding hydrogens is 426 g/mol. The summed E-state index contributed by atoms with van der Waals surface area (Å²) in [6, 6.07) is 7.65. The molecule has 0 atom stereocenters. The fourth-order valence-electron chi connectivity index (χ4n) is 2.63. The summed E-state index contributed by atoms with van der Waals surface area (Å²) in [7, 11) is 0. The van der Waals surface area contributed by atoms with E-state index in [0.717, 1.165) is 44.4 Å². The highest BCUT2D eigenvalue weighted by molar-refractivity contribution is 9.10. The maximum Gasteiger partial charge on any atom is 0.234 e. The summed E-state index contributed by atoms with van der Waals surface area (Å²) in [6.07, 6.45) is 3.46. The van der Waals surface area contributed by atoms with Crippen molar-refractivity contribution in [3.63, 3.8) is 0 Å². The summed E-state index contributed by atoms with van der Waals surface area (Å²) in [6.45, 7) is 6.78. The predicted molar refractivity (Wildman–Crippen MR) is 112 cm³/mol. The van der Waals surface area contributed by atoms with Crippen LogP contribution in [0, 0.1) is 13.8 Å². The third kappa shape index (κ3) is 4.39. The van der Waals surface area contributed by atoms with Crippen LogP contribution >= 0.6 is 27.7 Å². The van der Waals surface area contributed by atoms with Gasteiger partial charge in [-0.15, -0.1) is 10.2 Å². The molecule has 1 N–H and O–H groups in total. The second-order valence-corrected chi connectivity index (χ2v) is 7.76. The van der Waals surface area contributed by atoms with E-state index < -0.39 is 0 Å². The van der Waals surface area contributed by atoms with Crippen molar-refractivity contribution in [2.45, 2.75) is 32.5 Å². The zero-order chi connectivity index (χ0) is 19.4. The first-order valence-corrected chi connectivity index (χ1v) is 10.3. The number of hydrogen-bond donors (Lipinski definition) is 1. The van der Waals surface area contributed by atoms with Gasteiger partial charge in [-0.2, -0.15) is 0 Å². The lowest BCUT2D eigenvalue weighted by atomic mass is 10.1. The van der Waals surface area contributed by atoms with Crippen LogP contribution in [0.3, 0.4) is 0 Å². The van der Waals surface area contributed by atoms with Gasteiger partial charge >= 0.3 is 0 Å². The maximum atomic E-state index is 12.4. The van der Waals surface area contributed by atoms with Crippen molar-refractivity contribution in [1.82, 2.24) is 19.7 Å². The number of thioether (sulfide) groups is 1. The average Bonchev–Trinajstić information content (AvgIpc) is 3.10. The second-order valence-electron chi connectivity index (χ2n) is 5.97. The number of rotatable bonds is 6. The van der Waals surface area contributed by atoms with Crippen LogP contribution in [0.1, 0.15) is 18.1 Å². The molecule has 0 aliphatic rings. The molecule has 0 unspecified atom stereocenters. The summed E-state index contributed by atoms with van der Waals surface area (Å²) < 4.78 is 3.04. The first kappa shape index (κ1) is 19.6. The molecular formula is C19H20BrN5OS. The van der Waals surface area contributed by atoms with Crippen LogP contribution in [-0.2, 0) is 11.3 Å². The molecule has 8 heteroatoms. The topological polar surface area (TPSA) is 72.7 Å². The van der Waals surface area contributed by atoms with Gasteiger partial charge in [0.2, 0.25) is 5.91 Å². The number of amides is 1. The standard InChI is InChI=1S/C19H20BrN5OS/c1-4-25-18(14-7-9-21-10-8-14)23-24-19(25)27-11-17(26)22-16-6-5-15(20)12(2)13(16)3/h5-10H,4,11H2,1-3H3,(H,22,26). The summed E-state index contributed by atoms with van der Waals surface area (Å²) >= 11 is 4.89.